The molecule has 114 valence electrons. The van der Waals surface area contributed by atoms with Gasteiger partial charge in [-0.1, -0.05) is 13.0 Å². The third kappa shape index (κ3) is 4.91. The highest BCUT2D eigenvalue weighted by Crippen LogP contribution is 2.23. The Labute approximate surface area is 132 Å². The number of hydrogen-bond donors (Lipinski definition) is 1. The first-order chi connectivity index (χ1) is 9.29. The molecule has 3 atom stereocenters. The van der Waals surface area contributed by atoms with Gasteiger partial charge in [-0.05, 0) is 55.3 Å². The van der Waals surface area contributed by atoms with Crippen molar-refractivity contribution < 1.29 is 8.95 Å². The molecule has 20 heavy (non-hydrogen) atoms. The van der Waals surface area contributed by atoms with E-state index < -0.39 is 11.0 Å². The van der Waals surface area contributed by atoms with Crippen molar-refractivity contribution >= 4 is 26.9 Å². The van der Waals surface area contributed by atoms with E-state index in [1.165, 1.54) is 0 Å². The van der Waals surface area contributed by atoms with Gasteiger partial charge in [-0.25, -0.2) is 13.9 Å². The van der Waals surface area contributed by atoms with Crippen LogP contribution in [0.2, 0.25) is 0 Å². The highest BCUT2D eigenvalue weighted by Gasteiger charge is 2.29. The number of rotatable bonds is 6. The van der Waals surface area contributed by atoms with Gasteiger partial charge in [0.25, 0.3) is 0 Å². The maximum atomic E-state index is 12.4. The molecule has 1 N–H and O–H groups in total. The second-order valence-corrected chi connectivity index (χ2v) is 8.35. The summed E-state index contributed by atoms with van der Waals surface area (Å²) in [6.07, 6.45) is 0.729. The molecule has 0 aliphatic carbocycles. The van der Waals surface area contributed by atoms with E-state index in [0.717, 1.165) is 16.7 Å². The van der Waals surface area contributed by atoms with E-state index in [2.05, 4.69) is 25.6 Å². The molecule has 0 spiro atoms. The van der Waals surface area contributed by atoms with Gasteiger partial charge in [-0.3, -0.25) is 0 Å². The van der Waals surface area contributed by atoms with Crippen molar-refractivity contribution in [3.8, 4) is 0 Å². The van der Waals surface area contributed by atoms with Gasteiger partial charge in [0.2, 0.25) is 0 Å². The lowest BCUT2D eigenvalue weighted by molar-refractivity contribution is 0.0712. The molecule has 0 saturated carbocycles. The van der Waals surface area contributed by atoms with Crippen LogP contribution in [-0.4, -0.2) is 27.2 Å². The average molecular weight is 363 g/mol. The van der Waals surface area contributed by atoms with Crippen molar-refractivity contribution in [2.45, 2.75) is 51.0 Å². The van der Waals surface area contributed by atoms with Gasteiger partial charge >= 0.3 is 0 Å². The lowest BCUT2D eigenvalue weighted by atomic mass is 10.1. The van der Waals surface area contributed by atoms with Crippen LogP contribution in [0.5, 0.6) is 0 Å². The number of nitrogens with one attached hydrogen (secondary N) is 1. The first-order valence-electron chi connectivity index (χ1n) is 6.63. The normalized spacial score (nSPS) is 16.7. The number of methoxy groups -OCH3 is 1. The summed E-state index contributed by atoms with van der Waals surface area (Å²) in [5.41, 5.74) is 0.825. The zero-order chi connectivity index (χ0) is 15.3. The maximum absolute atomic E-state index is 12.4. The lowest BCUT2D eigenvalue weighted by Crippen LogP contribution is -2.41. The minimum atomic E-state index is -1.18. The zero-order valence-corrected chi connectivity index (χ0v) is 15.0. The van der Waals surface area contributed by atoms with Crippen molar-refractivity contribution in [1.82, 2.24) is 9.71 Å². The van der Waals surface area contributed by atoms with Crippen LogP contribution in [0.15, 0.2) is 22.8 Å². The highest BCUT2D eigenvalue weighted by atomic mass is 79.9. The van der Waals surface area contributed by atoms with Crippen LogP contribution in [0.3, 0.4) is 0 Å². The van der Waals surface area contributed by atoms with Gasteiger partial charge in [0.05, 0.1) is 33.6 Å². The summed E-state index contributed by atoms with van der Waals surface area (Å²) in [7, 11) is 0.484. The summed E-state index contributed by atoms with van der Waals surface area (Å²) in [6.45, 7) is 7.86. The Morgan fingerprint density at radius 1 is 1.45 bits per heavy atom. The monoisotopic (exact) mass is 362 g/mol. The SMILES string of the molecule is CCC(OC)[C@H](NS(=O)C(C)(C)C)c1cccc(Br)n1. The van der Waals surface area contributed by atoms with Crippen molar-refractivity contribution in [1.29, 1.82) is 0 Å². The fraction of sp³-hybridized carbons (Fsp3) is 0.643. The molecule has 0 bridgehead atoms. The van der Waals surface area contributed by atoms with Crippen LogP contribution in [0, 0.1) is 0 Å². The molecule has 1 aromatic rings. The second-order valence-electron chi connectivity index (χ2n) is 5.54. The summed E-state index contributed by atoms with van der Waals surface area (Å²) < 4.78 is 21.5. The molecule has 0 fully saturated rings. The van der Waals surface area contributed by atoms with Gasteiger partial charge in [0.15, 0.2) is 0 Å². The van der Waals surface area contributed by atoms with Gasteiger partial charge < -0.3 is 4.74 Å². The summed E-state index contributed by atoms with van der Waals surface area (Å²) in [6, 6.07) is 5.50. The molecule has 1 rings (SSSR count). The first-order valence-corrected chi connectivity index (χ1v) is 8.57. The van der Waals surface area contributed by atoms with Crippen molar-refractivity contribution in [2.75, 3.05) is 7.11 Å². The number of pyridine rings is 1. The number of aromatic nitrogens is 1. The molecule has 0 aliphatic rings. The predicted octanol–water partition coefficient (Wildman–Crippen LogP) is 3.36. The number of hydrogen-bond acceptors (Lipinski definition) is 3. The van der Waals surface area contributed by atoms with Crippen molar-refractivity contribution in [3.63, 3.8) is 0 Å². The standard InChI is InChI=1S/C14H23BrN2O2S/c1-6-11(19-5)13(17-20(18)14(2,3)4)10-8-7-9-12(15)16-10/h7-9,11,13,17H,6H2,1-5H3/t11?,13-,20?/m1/s1. The van der Waals surface area contributed by atoms with Gasteiger partial charge in [-0.15, -0.1) is 0 Å². The number of nitrogens with zero attached hydrogens (tertiary/aromatic N) is 1. The molecule has 6 heteroatoms. The zero-order valence-electron chi connectivity index (χ0n) is 12.6. The molecule has 0 aliphatic heterocycles. The van der Waals surface area contributed by atoms with E-state index in [9.17, 15) is 4.21 Å². The van der Waals surface area contributed by atoms with Crippen LogP contribution in [0.1, 0.15) is 45.9 Å². The molecule has 1 heterocycles. The maximum Gasteiger partial charge on any atom is 0.106 e. The smallest absolute Gasteiger partial charge is 0.106 e. The Kier molecular flexibility index (Phi) is 6.78. The predicted molar refractivity (Wildman–Crippen MR) is 86.8 cm³/mol. The fourth-order valence-corrected chi connectivity index (χ4v) is 2.97. The molecule has 0 saturated heterocycles. The van der Waals surface area contributed by atoms with Crippen LogP contribution < -0.4 is 4.72 Å². The van der Waals surface area contributed by atoms with E-state index >= 15 is 0 Å². The van der Waals surface area contributed by atoms with Gasteiger partial charge in [-0.2, -0.15) is 0 Å². The first kappa shape index (κ1) is 17.8. The Balaban J connectivity index is 3.06. The van der Waals surface area contributed by atoms with E-state index in [0.29, 0.717) is 0 Å². The molecular formula is C14H23BrN2O2S. The summed E-state index contributed by atoms with van der Waals surface area (Å²) in [5, 5.41) is 0. The summed E-state index contributed by atoms with van der Waals surface area (Å²) in [4.78, 5) is 4.47. The van der Waals surface area contributed by atoms with E-state index in [1.807, 2.05) is 45.9 Å². The third-order valence-electron chi connectivity index (χ3n) is 2.92. The quantitative estimate of drug-likeness (QED) is 0.789. The molecule has 0 aromatic carbocycles. The van der Waals surface area contributed by atoms with Crippen LogP contribution in [-0.2, 0) is 15.7 Å². The minimum absolute atomic E-state index is 0.0805. The lowest BCUT2D eigenvalue weighted by Gasteiger charge is -2.28. The number of ether oxygens (including phenoxy) is 1. The van der Waals surface area contributed by atoms with Crippen molar-refractivity contribution in [2.24, 2.45) is 0 Å². The average Bonchev–Trinajstić information content (AvgIpc) is 2.37. The number of halogens is 1. The van der Waals surface area contributed by atoms with E-state index in [-0.39, 0.29) is 16.9 Å². The molecule has 0 radical (unpaired) electrons. The Hall–Kier alpha value is -0.300. The highest BCUT2D eigenvalue weighted by molar-refractivity contribution is 9.10. The molecule has 1 aromatic heterocycles. The second kappa shape index (κ2) is 7.64. The van der Waals surface area contributed by atoms with Crippen LogP contribution in [0.25, 0.3) is 0 Å². The van der Waals surface area contributed by atoms with E-state index in [1.54, 1.807) is 7.11 Å². The molecule has 4 nitrogen and oxygen atoms in total. The Morgan fingerprint density at radius 2 is 2.10 bits per heavy atom. The third-order valence-corrected chi connectivity index (χ3v) is 4.94. The largest absolute Gasteiger partial charge is 0.379 e. The molecule has 2 unspecified atom stereocenters. The van der Waals surface area contributed by atoms with E-state index in [4.69, 9.17) is 4.74 Å². The van der Waals surface area contributed by atoms with Gasteiger partial charge in [0.1, 0.15) is 4.60 Å². The Bertz CT molecular complexity index is 459. The van der Waals surface area contributed by atoms with Crippen LogP contribution in [0.4, 0.5) is 0 Å². The fourth-order valence-electron chi connectivity index (χ4n) is 1.75. The summed E-state index contributed by atoms with van der Waals surface area (Å²) >= 11 is 3.37. The van der Waals surface area contributed by atoms with Crippen LogP contribution >= 0.6 is 15.9 Å². The van der Waals surface area contributed by atoms with Crippen molar-refractivity contribution in [3.05, 3.63) is 28.5 Å². The Morgan fingerprint density at radius 3 is 2.55 bits per heavy atom. The molecule has 0 amide bonds. The molecular weight excluding hydrogens is 340 g/mol. The minimum Gasteiger partial charge on any atom is -0.379 e. The topological polar surface area (TPSA) is 51.2 Å². The van der Waals surface area contributed by atoms with Gasteiger partial charge in [0, 0.05) is 7.11 Å². The summed E-state index contributed by atoms with van der Waals surface area (Å²) in [5.74, 6) is 0.